The van der Waals surface area contributed by atoms with Gasteiger partial charge in [0, 0.05) is 29.2 Å². The zero-order chi connectivity index (χ0) is 13.6. The minimum absolute atomic E-state index is 0. The van der Waals surface area contributed by atoms with Crippen molar-refractivity contribution in [1.82, 2.24) is 15.7 Å². The molecule has 8 heteroatoms. The van der Waals surface area contributed by atoms with Gasteiger partial charge in [-0.2, -0.15) is 5.10 Å². The minimum Gasteiger partial charge on any atom is -0.399 e. The molecule has 3 rings (SSSR count). The molecule has 7 nitrogen and oxygen atoms in total. The van der Waals surface area contributed by atoms with Crippen LogP contribution in [-0.4, -0.2) is 30.1 Å². The topological polar surface area (TPSA) is 112 Å². The average molecular weight is 294 g/mol. The van der Waals surface area contributed by atoms with Crippen molar-refractivity contribution in [3.8, 4) is 0 Å². The molecule has 0 saturated carbocycles. The molecule has 0 unspecified atom stereocenters. The van der Waals surface area contributed by atoms with Gasteiger partial charge in [-0.05, 0) is 12.1 Å². The second-order valence-electron chi connectivity index (χ2n) is 4.18. The van der Waals surface area contributed by atoms with E-state index in [2.05, 4.69) is 20.8 Å². The smallest absolute Gasteiger partial charge is 0.272 e. The molecule has 0 atom stereocenters. The molecule has 0 spiro atoms. The lowest BCUT2D eigenvalue weighted by Gasteiger charge is -2.02. The number of H-pyrrole nitrogens is 1. The van der Waals surface area contributed by atoms with E-state index in [1.54, 1.807) is 12.1 Å². The van der Waals surface area contributed by atoms with Crippen LogP contribution in [0.3, 0.4) is 0 Å². The van der Waals surface area contributed by atoms with Gasteiger partial charge in [-0.15, -0.1) is 12.4 Å². The molecule has 5 N–H and O–H groups in total. The van der Waals surface area contributed by atoms with Gasteiger partial charge in [0.1, 0.15) is 5.69 Å². The number of aromatic amines is 1. The molecule has 2 amide bonds. The number of carbonyl (C=O) groups is 2. The van der Waals surface area contributed by atoms with Crippen LogP contribution in [0, 0.1) is 0 Å². The largest absolute Gasteiger partial charge is 0.399 e. The van der Waals surface area contributed by atoms with Crippen molar-refractivity contribution in [2.45, 2.75) is 0 Å². The fourth-order valence-electron chi connectivity index (χ4n) is 2.21. The zero-order valence-electron chi connectivity index (χ0n) is 10.5. The number of hydrogen-bond acceptors (Lipinski definition) is 4. The summed E-state index contributed by atoms with van der Waals surface area (Å²) in [5.74, 6) is -0.633. The van der Waals surface area contributed by atoms with Crippen molar-refractivity contribution >= 4 is 47.0 Å². The Bertz CT molecular complexity index is 750. The predicted octanol–water partition coefficient (Wildman–Crippen LogP) is 0.609. The Hall–Kier alpha value is -2.54. The highest BCUT2D eigenvalue weighted by molar-refractivity contribution is 6.19. The van der Waals surface area contributed by atoms with Crippen LogP contribution in [-0.2, 0) is 0 Å². The van der Waals surface area contributed by atoms with Crippen molar-refractivity contribution in [3.05, 3.63) is 29.0 Å². The van der Waals surface area contributed by atoms with Gasteiger partial charge in [0.2, 0.25) is 0 Å². The lowest BCUT2D eigenvalue weighted by atomic mass is 10.0. The van der Waals surface area contributed by atoms with Gasteiger partial charge in [0.25, 0.3) is 11.8 Å². The van der Waals surface area contributed by atoms with Gasteiger partial charge in [-0.1, -0.05) is 0 Å². The number of anilines is 1. The van der Waals surface area contributed by atoms with Gasteiger partial charge in [0.05, 0.1) is 11.8 Å². The zero-order valence-corrected chi connectivity index (χ0v) is 11.3. The first-order valence-electron chi connectivity index (χ1n) is 5.62. The van der Waals surface area contributed by atoms with Crippen LogP contribution in [0.2, 0.25) is 0 Å². The number of carbonyl (C=O) groups excluding carboxylic acids is 2. The molecule has 104 valence electrons. The first-order valence-corrected chi connectivity index (χ1v) is 5.62. The molecule has 0 bridgehead atoms. The number of nitrogens with two attached hydrogens (primary N) is 1. The Morgan fingerprint density at radius 1 is 1.40 bits per heavy atom. The molecule has 0 radical (unpaired) electrons. The van der Waals surface area contributed by atoms with Crippen molar-refractivity contribution in [3.63, 3.8) is 0 Å². The summed E-state index contributed by atoms with van der Waals surface area (Å²) >= 11 is 0. The summed E-state index contributed by atoms with van der Waals surface area (Å²) in [4.78, 5) is 26.7. The number of hydrazone groups is 1. The van der Waals surface area contributed by atoms with Crippen LogP contribution < -0.4 is 16.5 Å². The molecule has 2 aromatic rings. The van der Waals surface area contributed by atoms with E-state index in [0.717, 1.165) is 0 Å². The second-order valence-corrected chi connectivity index (χ2v) is 4.18. The van der Waals surface area contributed by atoms with Crippen molar-refractivity contribution in [1.29, 1.82) is 0 Å². The summed E-state index contributed by atoms with van der Waals surface area (Å²) in [6, 6.07) is 3.25. The quantitative estimate of drug-likeness (QED) is 0.578. The maximum Gasteiger partial charge on any atom is 0.272 e. The summed E-state index contributed by atoms with van der Waals surface area (Å²) in [6.45, 7) is 0. The first-order chi connectivity index (χ1) is 9.11. The Balaban J connectivity index is 0.00000147. The average Bonchev–Trinajstić information content (AvgIpc) is 2.66. The van der Waals surface area contributed by atoms with Crippen LogP contribution in [0.25, 0.3) is 10.9 Å². The Morgan fingerprint density at radius 3 is 2.85 bits per heavy atom. The van der Waals surface area contributed by atoms with Gasteiger partial charge in [0.15, 0.2) is 0 Å². The summed E-state index contributed by atoms with van der Waals surface area (Å²) in [7, 11) is 1.53. The van der Waals surface area contributed by atoms with E-state index in [-0.39, 0.29) is 24.2 Å². The molecular weight excluding hydrogens is 282 g/mol. The van der Waals surface area contributed by atoms with Crippen LogP contribution >= 0.6 is 12.4 Å². The number of aromatic nitrogens is 1. The van der Waals surface area contributed by atoms with E-state index in [4.69, 9.17) is 5.73 Å². The molecule has 0 fully saturated rings. The lowest BCUT2D eigenvalue weighted by Crippen LogP contribution is -2.19. The SMILES string of the molecule is CNC(=O)c1[nH]c2cc(N)cc3c2c1C=NNC3=O.Cl. The molecular formula is C12H12ClN5O2. The third-order valence-corrected chi connectivity index (χ3v) is 3.02. The van der Waals surface area contributed by atoms with E-state index in [1.165, 1.54) is 13.3 Å². The molecule has 1 aliphatic heterocycles. The van der Waals surface area contributed by atoms with Crippen LogP contribution in [0.15, 0.2) is 17.2 Å². The second kappa shape index (κ2) is 4.86. The van der Waals surface area contributed by atoms with E-state index in [1.807, 2.05) is 0 Å². The van der Waals surface area contributed by atoms with Gasteiger partial charge < -0.3 is 16.0 Å². The Kier molecular flexibility index (Phi) is 3.37. The first kappa shape index (κ1) is 13.9. The number of benzene rings is 1. The van der Waals surface area contributed by atoms with E-state index >= 15 is 0 Å². The number of rotatable bonds is 1. The number of nitrogens with zero attached hydrogens (tertiary/aromatic N) is 1. The summed E-state index contributed by atoms with van der Waals surface area (Å²) in [6.07, 6.45) is 1.45. The highest BCUT2D eigenvalue weighted by Crippen LogP contribution is 2.28. The van der Waals surface area contributed by atoms with E-state index in [0.29, 0.717) is 33.4 Å². The van der Waals surface area contributed by atoms with Crippen LogP contribution in [0.1, 0.15) is 26.4 Å². The maximum atomic E-state index is 11.9. The van der Waals surface area contributed by atoms with Crippen LogP contribution in [0.5, 0.6) is 0 Å². The van der Waals surface area contributed by atoms with Gasteiger partial charge in [-0.25, -0.2) is 5.43 Å². The minimum atomic E-state index is -0.352. The van der Waals surface area contributed by atoms with Gasteiger partial charge >= 0.3 is 0 Å². The standard InChI is InChI=1S/C12H11N5O2.ClH/c1-14-12(19)10-7-4-15-17-11(18)6-2-5(13)3-8(16-10)9(6)7;/h2-4,16H,13H2,1H3,(H,14,19)(H,17,18);1H. The fourth-order valence-corrected chi connectivity index (χ4v) is 2.21. The Morgan fingerprint density at radius 2 is 2.15 bits per heavy atom. The number of nitrogen functional groups attached to an aromatic ring is 1. The summed E-state index contributed by atoms with van der Waals surface area (Å²) in [5, 5.41) is 6.99. The third-order valence-electron chi connectivity index (χ3n) is 3.02. The molecule has 20 heavy (non-hydrogen) atoms. The predicted molar refractivity (Wildman–Crippen MR) is 78.4 cm³/mol. The number of amides is 2. The number of halogens is 1. The van der Waals surface area contributed by atoms with E-state index < -0.39 is 0 Å². The van der Waals surface area contributed by atoms with Gasteiger partial charge in [-0.3, -0.25) is 9.59 Å². The maximum absolute atomic E-state index is 11.9. The highest BCUT2D eigenvalue weighted by Gasteiger charge is 2.23. The molecule has 2 heterocycles. The highest BCUT2D eigenvalue weighted by atomic mass is 35.5. The van der Waals surface area contributed by atoms with Crippen molar-refractivity contribution in [2.24, 2.45) is 5.10 Å². The number of hydrogen-bond donors (Lipinski definition) is 4. The normalized spacial score (nSPS) is 12.6. The number of nitrogens with one attached hydrogen (secondary N) is 3. The Labute approximate surface area is 120 Å². The monoisotopic (exact) mass is 293 g/mol. The van der Waals surface area contributed by atoms with E-state index in [9.17, 15) is 9.59 Å². The van der Waals surface area contributed by atoms with Crippen LogP contribution in [0.4, 0.5) is 5.69 Å². The third kappa shape index (κ3) is 1.88. The molecule has 0 saturated heterocycles. The molecule has 1 aromatic heterocycles. The summed E-state index contributed by atoms with van der Waals surface area (Å²) in [5.41, 5.74) is 10.5. The van der Waals surface area contributed by atoms with Crippen molar-refractivity contribution in [2.75, 3.05) is 12.8 Å². The lowest BCUT2D eigenvalue weighted by molar-refractivity contribution is 0.0950. The summed E-state index contributed by atoms with van der Waals surface area (Å²) < 4.78 is 0. The van der Waals surface area contributed by atoms with Crippen molar-refractivity contribution < 1.29 is 9.59 Å². The fraction of sp³-hybridized carbons (Fsp3) is 0.0833. The molecule has 1 aliphatic rings. The molecule has 0 aliphatic carbocycles. The molecule has 1 aromatic carbocycles.